The number of hydrogen-bond donors (Lipinski definition) is 1. The number of benzene rings is 2. The Kier molecular flexibility index (Phi) is 7.02. The Bertz CT molecular complexity index is 1030. The number of alkyl carbamates (subject to hydrolysis) is 1. The molecule has 0 atom stereocenters. The van der Waals surface area contributed by atoms with E-state index in [0.717, 1.165) is 11.6 Å². The van der Waals surface area contributed by atoms with Gasteiger partial charge in [0.15, 0.2) is 0 Å². The maximum atomic E-state index is 13.6. The summed E-state index contributed by atoms with van der Waals surface area (Å²) in [5.74, 6) is -0.501. The first kappa shape index (κ1) is 23.5. The summed E-state index contributed by atoms with van der Waals surface area (Å²) in [4.78, 5) is 12.3. The van der Waals surface area contributed by atoms with E-state index in [2.05, 4.69) is 5.32 Å². The topological polar surface area (TPSA) is 80.6 Å². The number of halogens is 1. The normalized spacial score (nSPS) is 17.0. The molecule has 3 rings (SSSR count). The third-order valence-electron chi connectivity index (χ3n) is 5.68. The molecule has 0 bridgehead atoms. The van der Waals surface area contributed by atoms with Crippen LogP contribution in [-0.2, 0) is 20.7 Å². The molecule has 1 amide bonds. The van der Waals surface area contributed by atoms with Gasteiger partial charge in [0.1, 0.15) is 12.4 Å². The monoisotopic (exact) mass is 436 g/mol. The number of nitrogens with zero attached hydrogens (tertiary/aromatic N) is 1. The first-order valence-electron chi connectivity index (χ1n) is 10.3. The Hall–Kier alpha value is -3.15. The molecule has 8 heteroatoms. The summed E-state index contributed by atoms with van der Waals surface area (Å²) < 4.78 is 31.1. The summed E-state index contributed by atoms with van der Waals surface area (Å²) in [6, 6.07) is 15.3. The van der Waals surface area contributed by atoms with Gasteiger partial charge in [-0.1, -0.05) is 42.5 Å². The highest BCUT2D eigenvalue weighted by molar-refractivity contribution is 6.56. The number of ether oxygens (including phenoxy) is 1. The van der Waals surface area contributed by atoms with E-state index < -0.39 is 30.2 Å². The number of hydrogen-bond acceptors (Lipinski definition) is 5. The molecule has 1 fully saturated rings. The van der Waals surface area contributed by atoms with Crippen molar-refractivity contribution in [2.75, 3.05) is 6.54 Å². The van der Waals surface area contributed by atoms with Gasteiger partial charge >= 0.3 is 13.2 Å². The van der Waals surface area contributed by atoms with Crippen molar-refractivity contribution >= 4 is 19.3 Å². The van der Waals surface area contributed by atoms with E-state index in [1.165, 1.54) is 12.1 Å². The Morgan fingerprint density at radius 3 is 2.44 bits per heavy atom. The highest BCUT2D eigenvalue weighted by atomic mass is 19.1. The van der Waals surface area contributed by atoms with Crippen molar-refractivity contribution in [3.8, 4) is 6.07 Å². The third kappa shape index (κ3) is 5.55. The van der Waals surface area contributed by atoms with Gasteiger partial charge in [-0.25, -0.2) is 9.18 Å². The summed E-state index contributed by atoms with van der Waals surface area (Å²) in [5.41, 5.74) is 0.929. The number of amides is 1. The average Bonchev–Trinajstić information content (AvgIpc) is 2.97. The van der Waals surface area contributed by atoms with Crippen molar-refractivity contribution in [3.05, 3.63) is 76.5 Å². The molecule has 166 valence electrons. The van der Waals surface area contributed by atoms with Crippen LogP contribution < -0.4 is 5.32 Å². The zero-order valence-corrected chi connectivity index (χ0v) is 18.6. The van der Waals surface area contributed by atoms with Gasteiger partial charge in [0.2, 0.25) is 0 Å². The van der Waals surface area contributed by atoms with Gasteiger partial charge in [-0.15, -0.1) is 0 Å². The molecule has 6 nitrogen and oxygen atoms in total. The lowest BCUT2D eigenvalue weighted by atomic mass is 9.76. The zero-order chi connectivity index (χ0) is 23.4. The molecule has 0 saturated carbocycles. The molecule has 0 unspecified atom stereocenters. The zero-order valence-electron chi connectivity index (χ0n) is 18.6. The lowest BCUT2D eigenvalue weighted by Crippen LogP contribution is -2.41. The average molecular weight is 436 g/mol. The molecule has 1 N–H and O–H groups in total. The predicted molar refractivity (Wildman–Crippen MR) is 120 cm³/mol. The Balaban J connectivity index is 1.78. The SMILES string of the molecule is CC1(C)OB(C(=Cc2ccc(F)cc2C#N)CNC(=O)OCc2ccccc2)OC1(C)C. The lowest BCUT2D eigenvalue weighted by molar-refractivity contribution is 0.00578. The van der Waals surface area contributed by atoms with Crippen LogP contribution in [0.4, 0.5) is 9.18 Å². The van der Waals surface area contributed by atoms with Crippen LogP contribution in [0.3, 0.4) is 0 Å². The van der Waals surface area contributed by atoms with E-state index >= 15 is 0 Å². The number of nitrogens with one attached hydrogen (secondary N) is 1. The minimum atomic E-state index is -0.758. The van der Waals surface area contributed by atoms with E-state index in [1.54, 1.807) is 6.08 Å². The van der Waals surface area contributed by atoms with Crippen LogP contribution in [-0.4, -0.2) is 31.0 Å². The molecule has 2 aromatic carbocycles. The summed E-state index contributed by atoms with van der Waals surface area (Å²) >= 11 is 0. The second-order valence-corrected chi connectivity index (χ2v) is 8.57. The van der Waals surface area contributed by atoms with Crippen LogP contribution in [0.15, 0.2) is 54.0 Å². The van der Waals surface area contributed by atoms with Crippen LogP contribution in [0.25, 0.3) is 6.08 Å². The largest absolute Gasteiger partial charge is 0.492 e. The number of rotatable bonds is 6. The fourth-order valence-corrected chi connectivity index (χ4v) is 3.10. The molecular weight excluding hydrogens is 410 g/mol. The Labute approximate surface area is 188 Å². The van der Waals surface area contributed by atoms with E-state index in [-0.39, 0.29) is 18.7 Å². The van der Waals surface area contributed by atoms with Crippen molar-refractivity contribution in [3.63, 3.8) is 0 Å². The van der Waals surface area contributed by atoms with Gasteiger partial charge < -0.3 is 19.4 Å². The number of carbonyl (C=O) groups excluding carboxylic acids is 1. The highest BCUT2D eigenvalue weighted by Gasteiger charge is 2.52. The van der Waals surface area contributed by atoms with Gasteiger partial charge in [-0.05, 0) is 56.4 Å². The first-order valence-corrected chi connectivity index (χ1v) is 10.3. The molecule has 32 heavy (non-hydrogen) atoms. The molecule has 1 saturated heterocycles. The van der Waals surface area contributed by atoms with Crippen molar-refractivity contribution in [1.29, 1.82) is 5.26 Å². The van der Waals surface area contributed by atoms with Gasteiger partial charge in [-0.3, -0.25) is 0 Å². The van der Waals surface area contributed by atoms with Crippen molar-refractivity contribution in [1.82, 2.24) is 5.32 Å². The van der Waals surface area contributed by atoms with Crippen molar-refractivity contribution in [2.45, 2.75) is 45.5 Å². The first-order chi connectivity index (χ1) is 15.1. The Morgan fingerprint density at radius 1 is 1.16 bits per heavy atom. The minimum Gasteiger partial charge on any atom is -0.445 e. The van der Waals surface area contributed by atoms with Gasteiger partial charge in [0.05, 0.1) is 22.8 Å². The van der Waals surface area contributed by atoms with Crippen molar-refractivity contribution in [2.24, 2.45) is 0 Å². The molecule has 0 spiro atoms. The van der Waals surface area contributed by atoms with Crippen LogP contribution in [0, 0.1) is 17.1 Å². The predicted octanol–water partition coefficient (Wildman–Crippen LogP) is 4.64. The van der Waals surface area contributed by atoms with Gasteiger partial charge in [0.25, 0.3) is 0 Å². The smallest absolute Gasteiger partial charge is 0.445 e. The van der Waals surface area contributed by atoms with Crippen LogP contribution in [0.1, 0.15) is 44.4 Å². The number of carbonyl (C=O) groups is 1. The van der Waals surface area contributed by atoms with Gasteiger partial charge in [0, 0.05) is 6.54 Å². The Morgan fingerprint density at radius 2 is 1.81 bits per heavy atom. The van der Waals surface area contributed by atoms with E-state index in [9.17, 15) is 14.4 Å². The molecule has 0 aromatic heterocycles. The highest BCUT2D eigenvalue weighted by Crippen LogP contribution is 2.38. The van der Waals surface area contributed by atoms with Crippen LogP contribution in [0.2, 0.25) is 0 Å². The fraction of sp³-hybridized carbons (Fsp3) is 0.333. The number of nitriles is 1. The quantitative estimate of drug-likeness (QED) is 0.668. The molecule has 1 aliphatic rings. The third-order valence-corrected chi connectivity index (χ3v) is 5.68. The molecular formula is C24H26BFN2O4. The summed E-state index contributed by atoms with van der Waals surface area (Å²) in [7, 11) is -0.758. The molecule has 1 aliphatic heterocycles. The molecule has 2 aromatic rings. The molecule has 0 aliphatic carbocycles. The maximum absolute atomic E-state index is 13.6. The second-order valence-electron chi connectivity index (χ2n) is 8.57. The lowest BCUT2D eigenvalue weighted by Gasteiger charge is -2.32. The van der Waals surface area contributed by atoms with E-state index in [4.69, 9.17) is 14.0 Å². The van der Waals surface area contributed by atoms with Crippen LogP contribution >= 0.6 is 0 Å². The molecule has 0 radical (unpaired) electrons. The van der Waals surface area contributed by atoms with Crippen LogP contribution in [0.5, 0.6) is 0 Å². The summed E-state index contributed by atoms with van der Waals surface area (Å²) in [6.07, 6.45) is 1.08. The maximum Gasteiger partial charge on any atom is 0.492 e. The fourth-order valence-electron chi connectivity index (χ4n) is 3.10. The van der Waals surface area contributed by atoms with E-state index in [1.807, 2.05) is 64.1 Å². The summed E-state index contributed by atoms with van der Waals surface area (Å²) in [6.45, 7) is 7.89. The van der Waals surface area contributed by atoms with Gasteiger partial charge in [-0.2, -0.15) is 5.26 Å². The van der Waals surface area contributed by atoms with E-state index in [0.29, 0.717) is 11.0 Å². The minimum absolute atomic E-state index is 0.0622. The standard InChI is InChI=1S/C24H26BFN2O4/c1-23(2)24(3,4)32-25(31-23)20(12-18-10-11-21(26)13-19(18)14-27)15-28-22(29)30-16-17-8-6-5-7-9-17/h5-13H,15-16H2,1-4H3,(H,28,29). The molecule has 1 heterocycles. The summed E-state index contributed by atoms with van der Waals surface area (Å²) in [5, 5.41) is 12.1. The second kappa shape index (κ2) is 9.55. The van der Waals surface area contributed by atoms with Crippen molar-refractivity contribution < 1.29 is 23.2 Å².